The Hall–Kier alpha value is -6.45. The number of aromatic carboxylic acids is 1. The topological polar surface area (TPSA) is 153 Å². The van der Waals surface area contributed by atoms with Crippen LogP contribution >= 0.6 is 0 Å². The molecule has 0 spiro atoms. The number of carboxylic acid groups (broad SMARTS) is 1. The number of hydrogen-bond acceptors (Lipinski definition) is 8. The third-order valence-electron chi connectivity index (χ3n) is 8.00. The van der Waals surface area contributed by atoms with Crippen molar-refractivity contribution in [2.24, 2.45) is 0 Å². The second-order valence-corrected chi connectivity index (χ2v) is 11.1. The average Bonchev–Trinajstić information content (AvgIpc) is 3.46. The zero-order chi connectivity index (χ0) is 34.5. The molecule has 0 aliphatic rings. The number of ether oxygens (including phenoxy) is 2. The number of fused-ring (bicyclic) bond motifs is 1. The van der Waals surface area contributed by atoms with E-state index in [2.05, 4.69) is 4.98 Å². The van der Waals surface area contributed by atoms with Crippen LogP contribution in [0.1, 0.15) is 32.9 Å². The van der Waals surface area contributed by atoms with Gasteiger partial charge in [-0.1, -0.05) is 36.4 Å². The summed E-state index contributed by atoms with van der Waals surface area (Å²) >= 11 is 0. The Balaban J connectivity index is 1.39. The summed E-state index contributed by atoms with van der Waals surface area (Å²) in [5.74, 6) is -0.672. The molecule has 0 unspecified atom stereocenters. The molecule has 4 aromatic carbocycles. The lowest BCUT2D eigenvalue weighted by Gasteiger charge is -2.14. The number of hydrogen-bond donors (Lipinski definition) is 1. The van der Waals surface area contributed by atoms with Gasteiger partial charge in [0.25, 0.3) is 5.69 Å². The molecular formula is C37H28FN5O6. The first-order chi connectivity index (χ1) is 23.7. The van der Waals surface area contributed by atoms with Crippen molar-refractivity contribution in [3.05, 3.63) is 141 Å². The zero-order valence-electron chi connectivity index (χ0n) is 26.2. The third-order valence-corrected chi connectivity index (χ3v) is 8.00. The minimum atomic E-state index is -1.05. The molecule has 0 bridgehead atoms. The van der Waals surface area contributed by atoms with Crippen LogP contribution in [0.4, 0.5) is 10.1 Å². The molecule has 244 valence electrons. The number of rotatable bonds is 12. The highest BCUT2D eigenvalue weighted by Gasteiger charge is 2.18. The maximum absolute atomic E-state index is 14.4. The van der Waals surface area contributed by atoms with Crippen LogP contribution in [0.15, 0.2) is 97.1 Å². The number of nitro groups is 1. The summed E-state index contributed by atoms with van der Waals surface area (Å²) in [4.78, 5) is 32.4. The van der Waals surface area contributed by atoms with Gasteiger partial charge in [-0.2, -0.15) is 5.26 Å². The van der Waals surface area contributed by atoms with Crippen LogP contribution < -0.4 is 4.74 Å². The van der Waals surface area contributed by atoms with Crippen LogP contribution in [-0.2, 0) is 24.3 Å². The van der Waals surface area contributed by atoms with Crippen LogP contribution in [0.25, 0.3) is 33.4 Å². The van der Waals surface area contributed by atoms with E-state index in [1.165, 1.54) is 30.3 Å². The molecule has 49 heavy (non-hydrogen) atoms. The number of aromatic nitrogens is 3. The standard InChI is InChI=1S/C37H28FN5O6/c1-48-15-14-42-34-19-27(37(44)45)12-13-33(34)40-35(42)20-25-10-11-26(18-30(25)24-4-2-5-29(17-24)43(46)47)32-6-3-7-36(41-32)49-22-28-9-8-23(21-39)16-31(28)38/h2-13,16-19H,14-15,20,22H2,1H3,(H,44,45). The molecule has 0 amide bonds. The highest BCUT2D eigenvalue weighted by molar-refractivity contribution is 5.92. The largest absolute Gasteiger partial charge is 0.478 e. The Labute approximate surface area is 279 Å². The number of pyridine rings is 1. The van der Waals surface area contributed by atoms with E-state index >= 15 is 0 Å². The van der Waals surface area contributed by atoms with Crippen molar-refractivity contribution in [3.63, 3.8) is 0 Å². The molecule has 0 aliphatic carbocycles. The van der Waals surface area contributed by atoms with Gasteiger partial charge in [0.05, 0.1) is 45.5 Å². The number of nitrogens with zero attached hydrogens (tertiary/aromatic N) is 5. The van der Waals surface area contributed by atoms with Gasteiger partial charge in [0.15, 0.2) is 0 Å². The number of carbonyl (C=O) groups is 1. The summed E-state index contributed by atoms with van der Waals surface area (Å²) in [5.41, 5.74) is 5.26. The van der Waals surface area contributed by atoms with Crippen molar-refractivity contribution >= 4 is 22.7 Å². The predicted molar refractivity (Wildman–Crippen MR) is 179 cm³/mol. The fourth-order valence-electron chi connectivity index (χ4n) is 5.53. The number of nitriles is 1. The van der Waals surface area contributed by atoms with Crippen molar-refractivity contribution in [1.29, 1.82) is 5.26 Å². The maximum Gasteiger partial charge on any atom is 0.335 e. The molecule has 11 nitrogen and oxygen atoms in total. The van der Waals surface area contributed by atoms with E-state index in [1.54, 1.807) is 49.6 Å². The van der Waals surface area contributed by atoms with Crippen molar-refractivity contribution in [1.82, 2.24) is 14.5 Å². The summed E-state index contributed by atoms with van der Waals surface area (Å²) in [5, 5.41) is 30.3. The van der Waals surface area contributed by atoms with E-state index in [0.717, 1.165) is 11.6 Å². The van der Waals surface area contributed by atoms with E-state index in [0.29, 0.717) is 58.8 Å². The first-order valence-corrected chi connectivity index (χ1v) is 15.1. The van der Waals surface area contributed by atoms with Gasteiger partial charge in [0, 0.05) is 49.4 Å². The quantitative estimate of drug-likeness (QED) is 0.106. The number of benzene rings is 4. The molecule has 2 aromatic heterocycles. The molecule has 0 saturated carbocycles. The van der Waals surface area contributed by atoms with Crippen LogP contribution in [0.2, 0.25) is 0 Å². The van der Waals surface area contributed by atoms with E-state index in [-0.39, 0.29) is 34.9 Å². The maximum atomic E-state index is 14.4. The molecule has 0 radical (unpaired) electrons. The minimum absolute atomic E-state index is 0.0639. The predicted octanol–water partition coefficient (Wildman–Crippen LogP) is 7.20. The van der Waals surface area contributed by atoms with E-state index < -0.39 is 16.7 Å². The van der Waals surface area contributed by atoms with Gasteiger partial charge in [-0.3, -0.25) is 10.1 Å². The number of nitro benzene ring substituents is 1. The highest BCUT2D eigenvalue weighted by Crippen LogP contribution is 2.33. The van der Waals surface area contributed by atoms with Crippen molar-refractivity contribution in [2.75, 3.05) is 13.7 Å². The minimum Gasteiger partial charge on any atom is -0.478 e. The molecule has 0 saturated heterocycles. The number of halogens is 1. The Morgan fingerprint density at radius 2 is 1.80 bits per heavy atom. The Morgan fingerprint density at radius 1 is 0.980 bits per heavy atom. The summed E-state index contributed by atoms with van der Waals surface area (Å²) in [6.07, 6.45) is 0.325. The second kappa shape index (κ2) is 14.1. The van der Waals surface area contributed by atoms with Gasteiger partial charge in [0.1, 0.15) is 18.2 Å². The lowest BCUT2D eigenvalue weighted by atomic mass is 9.94. The average molecular weight is 658 g/mol. The van der Waals surface area contributed by atoms with Crippen LogP contribution in [-0.4, -0.2) is 44.3 Å². The number of imidazole rings is 1. The SMILES string of the molecule is COCCn1c(Cc2ccc(-c3cccc(OCc4ccc(C#N)cc4F)n3)cc2-c2cccc([N+](=O)[O-])c2)nc2ccc(C(=O)O)cc21. The van der Waals surface area contributed by atoms with Gasteiger partial charge in [-0.25, -0.2) is 19.2 Å². The summed E-state index contributed by atoms with van der Waals surface area (Å²) in [6.45, 7) is 0.705. The molecular weight excluding hydrogens is 629 g/mol. The lowest BCUT2D eigenvalue weighted by Crippen LogP contribution is -2.10. The monoisotopic (exact) mass is 657 g/mol. The van der Waals surface area contributed by atoms with Crippen LogP contribution in [0.3, 0.4) is 0 Å². The highest BCUT2D eigenvalue weighted by atomic mass is 19.1. The lowest BCUT2D eigenvalue weighted by molar-refractivity contribution is -0.384. The Morgan fingerprint density at radius 3 is 2.55 bits per heavy atom. The van der Waals surface area contributed by atoms with Gasteiger partial charge in [-0.15, -0.1) is 0 Å². The molecule has 1 N–H and O–H groups in total. The fourth-order valence-corrected chi connectivity index (χ4v) is 5.53. The normalized spacial score (nSPS) is 11.0. The number of methoxy groups -OCH3 is 1. The van der Waals surface area contributed by atoms with Gasteiger partial charge in [0.2, 0.25) is 5.88 Å². The van der Waals surface area contributed by atoms with Crippen LogP contribution in [0.5, 0.6) is 5.88 Å². The van der Waals surface area contributed by atoms with Crippen molar-refractivity contribution < 1.29 is 28.7 Å². The third kappa shape index (κ3) is 7.12. The number of non-ortho nitro benzene ring substituents is 1. The van der Waals surface area contributed by atoms with Crippen molar-refractivity contribution in [2.45, 2.75) is 19.6 Å². The second-order valence-electron chi connectivity index (χ2n) is 11.1. The fraction of sp³-hybridized carbons (Fsp3) is 0.135. The molecule has 0 aliphatic heterocycles. The van der Waals surface area contributed by atoms with Gasteiger partial charge < -0.3 is 19.1 Å². The smallest absolute Gasteiger partial charge is 0.335 e. The van der Waals surface area contributed by atoms with Crippen LogP contribution in [0, 0.1) is 27.3 Å². The van der Waals surface area contributed by atoms with Gasteiger partial charge in [-0.05, 0) is 59.2 Å². The van der Waals surface area contributed by atoms with Gasteiger partial charge >= 0.3 is 5.97 Å². The Bertz CT molecular complexity index is 2260. The molecule has 0 fully saturated rings. The first kappa shape index (κ1) is 32.5. The molecule has 12 heteroatoms. The zero-order valence-corrected chi connectivity index (χ0v) is 26.2. The van der Waals surface area contributed by atoms with E-state index in [1.807, 2.05) is 28.8 Å². The summed E-state index contributed by atoms with van der Waals surface area (Å²) in [6, 6.07) is 28.1. The molecule has 6 rings (SSSR count). The van der Waals surface area contributed by atoms with E-state index in [4.69, 9.17) is 19.7 Å². The van der Waals surface area contributed by atoms with E-state index in [9.17, 15) is 24.4 Å². The van der Waals surface area contributed by atoms with Crippen molar-refractivity contribution in [3.8, 4) is 34.3 Å². The summed E-state index contributed by atoms with van der Waals surface area (Å²) in [7, 11) is 1.58. The molecule has 0 atom stereocenters. The summed E-state index contributed by atoms with van der Waals surface area (Å²) < 4.78 is 27.5. The number of carboxylic acids is 1. The molecule has 6 aromatic rings. The first-order valence-electron chi connectivity index (χ1n) is 15.1. The molecule has 2 heterocycles. The Kier molecular flexibility index (Phi) is 9.36.